The second kappa shape index (κ2) is 11.8. The van der Waals surface area contributed by atoms with E-state index in [0.717, 1.165) is 37.3 Å². The first kappa shape index (κ1) is 24.9. The fourth-order valence-corrected chi connectivity index (χ4v) is 3.51. The fraction of sp³-hybridized carbons (Fsp3) is 0.440. The third-order valence-corrected chi connectivity index (χ3v) is 5.69. The zero-order valence-corrected chi connectivity index (χ0v) is 19.4. The van der Waals surface area contributed by atoms with Crippen LogP contribution in [0.1, 0.15) is 47.0 Å². The van der Waals surface area contributed by atoms with Gasteiger partial charge in [-0.05, 0) is 62.5 Å². The SMILES string of the molecule is C=C[C@@H]1CCN(C(/C=C(/C#CC)[C@H](C)CC)=N/C(C)=C(\C=C2/NC(=O)NC2=O)CC=N)C1. The number of likely N-dealkylation sites (tertiary alicyclic amines) is 1. The van der Waals surface area contributed by atoms with Crippen molar-refractivity contribution in [2.45, 2.75) is 47.0 Å². The van der Waals surface area contributed by atoms with Gasteiger partial charge >= 0.3 is 6.03 Å². The van der Waals surface area contributed by atoms with Gasteiger partial charge in [0.2, 0.25) is 0 Å². The van der Waals surface area contributed by atoms with E-state index >= 15 is 0 Å². The molecule has 7 heteroatoms. The van der Waals surface area contributed by atoms with E-state index < -0.39 is 11.9 Å². The maximum absolute atomic E-state index is 12.0. The minimum atomic E-state index is -0.552. The summed E-state index contributed by atoms with van der Waals surface area (Å²) >= 11 is 0. The van der Waals surface area contributed by atoms with Crippen LogP contribution in [-0.4, -0.2) is 42.0 Å². The van der Waals surface area contributed by atoms with Crippen molar-refractivity contribution in [3.05, 3.63) is 47.3 Å². The highest BCUT2D eigenvalue weighted by Crippen LogP contribution is 2.22. The van der Waals surface area contributed by atoms with Crippen LogP contribution < -0.4 is 10.6 Å². The zero-order chi connectivity index (χ0) is 23.7. The van der Waals surface area contributed by atoms with Crippen molar-refractivity contribution in [1.82, 2.24) is 15.5 Å². The van der Waals surface area contributed by atoms with Gasteiger partial charge in [0.15, 0.2) is 0 Å². The van der Waals surface area contributed by atoms with E-state index in [1.165, 1.54) is 6.21 Å². The van der Waals surface area contributed by atoms with E-state index in [9.17, 15) is 9.59 Å². The molecule has 2 heterocycles. The molecule has 2 rings (SSSR count). The summed E-state index contributed by atoms with van der Waals surface area (Å²) in [7, 11) is 0. The molecular formula is C25H33N5O2. The van der Waals surface area contributed by atoms with Crippen molar-refractivity contribution < 1.29 is 9.59 Å². The van der Waals surface area contributed by atoms with Gasteiger partial charge in [-0.25, -0.2) is 9.79 Å². The van der Waals surface area contributed by atoms with Gasteiger partial charge in [0.1, 0.15) is 11.5 Å². The number of urea groups is 1. The quantitative estimate of drug-likeness (QED) is 0.135. The predicted molar refractivity (Wildman–Crippen MR) is 129 cm³/mol. The highest BCUT2D eigenvalue weighted by atomic mass is 16.2. The van der Waals surface area contributed by atoms with E-state index in [2.05, 4.69) is 53.9 Å². The van der Waals surface area contributed by atoms with E-state index in [1.54, 1.807) is 6.08 Å². The Labute approximate surface area is 190 Å². The number of allylic oxidation sites excluding steroid dienone is 4. The van der Waals surface area contributed by atoms with Crippen molar-refractivity contribution >= 4 is 24.0 Å². The Balaban J connectivity index is 2.56. The first-order chi connectivity index (χ1) is 15.3. The molecule has 0 radical (unpaired) electrons. The molecule has 0 aromatic heterocycles. The maximum atomic E-state index is 12.0. The molecule has 0 spiro atoms. The molecule has 0 aromatic rings. The number of carbonyl (C=O) groups excluding carboxylic acids is 2. The average molecular weight is 436 g/mol. The zero-order valence-electron chi connectivity index (χ0n) is 19.4. The number of amides is 3. The van der Waals surface area contributed by atoms with Crippen LogP contribution in [0.15, 0.2) is 52.3 Å². The molecule has 2 saturated heterocycles. The second-order valence-corrected chi connectivity index (χ2v) is 7.97. The monoisotopic (exact) mass is 435 g/mol. The van der Waals surface area contributed by atoms with Crippen molar-refractivity contribution in [2.24, 2.45) is 16.8 Å². The van der Waals surface area contributed by atoms with Gasteiger partial charge in [0.05, 0.1) is 0 Å². The number of nitrogens with zero attached hydrogens (tertiary/aromatic N) is 2. The lowest BCUT2D eigenvalue weighted by Crippen LogP contribution is -2.28. The molecule has 2 aliphatic heterocycles. The van der Waals surface area contributed by atoms with Crippen LogP contribution in [0.3, 0.4) is 0 Å². The molecule has 32 heavy (non-hydrogen) atoms. The summed E-state index contributed by atoms with van der Waals surface area (Å²) in [6.07, 6.45) is 9.16. The summed E-state index contributed by atoms with van der Waals surface area (Å²) in [5.41, 5.74) is 2.54. The number of carbonyl (C=O) groups is 2. The number of rotatable bonds is 8. The lowest BCUT2D eigenvalue weighted by atomic mass is 9.98. The van der Waals surface area contributed by atoms with Crippen molar-refractivity contribution in [3.8, 4) is 11.8 Å². The molecule has 0 bridgehead atoms. The predicted octanol–water partition coefficient (Wildman–Crippen LogP) is 3.93. The molecule has 0 aromatic carbocycles. The Kier molecular flexibility index (Phi) is 9.21. The smallest absolute Gasteiger partial charge is 0.326 e. The van der Waals surface area contributed by atoms with E-state index in [-0.39, 0.29) is 5.70 Å². The summed E-state index contributed by atoms with van der Waals surface area (Å²) in [5, 5.41) is 12.3. The summed E-state index contributed by atoms with van der Waals surface area (Å²) in [6.45, 7) is 13.6. The third-order valence-electron chi connectivity index (χ3n) is 5.69. The molecule has 7 nitrogen and oxygen atoms in total. The highest BCUT2D eigenvalue weighted by molar-refractivity contribution is 6.12. The summed E-state index contributed by atoms with van der Waals surface area (Å²) in [6, 6.07) is -0.552. The van der Waals surface area contributed by atoms with Crippen LogP contribution >= 0.6 is 0 Å². The first-order valence-electron chi connectivity index (χ1n) is 11.0. The van der Waals surface area contributed by atoms with Crippen LogP contribution in [0.25, 0.3) is 0 Å². The number of imide groups is 1. The molecule has 2 aliphatic rings. The Bertz CT molecular complexity index is 959. The second-order valence-electron chi connectivity index (χ2n) is 7.97. The minimum Gasteiger partial charge on any atom is -0.356 e. The Hall–Kier alpha value is -3.40. The lowest BCUT2D eigenvalue weighted by Gasteiger charge is -2.20. The van der Waals surface area contributed by atoms with Gasteiger partial charge in [-0.1, -0.05) is 25.8 Å². The topological polar surface area (TPSA) is 97.7 Å². The molecule has 0 unspecified atom stereocenters. The van der Waals surface area contributed by atoms with Crippen LogP contribution in [0.4, 0.5) is 4.79 Å². The van der Waals surface area contributed by atoms with Crippen molar-refractivity contribution in [1.29, 1.82) is 5.41 Å². The van der Waals surface area contributed by atoms with Gasteiger partial charge in [-0.3, -0.25) is 10.1 Å². The summed E-state index contributed by atoms with van der Waals surface area (Å²) in [5.74, 6) is 7.27. The van der Waals surface area contributed by atoms with Gasteiger partial charge in [0.25, 0.3) is 5.91 Å². The minimum absolute atomic E-state index is 0.156. The van der Waals surface area contributed by atoms with Crippen LogP contribution in [0.5, 0.6) is 0 Å². The van der Waals surface area contributed by atoms with Crippen LogP contribution in [-0.2, 0) is 4.79 Å². The van der Waals surface area contributed by atoms with Gasteiger partial charge in [-0.2, -0.15) is 0 Å². The van der Waals surface area contributed by atoms with Crippen molar-refractivity contribution in [3.63, 3.8) is 0 Å². The number of nitrogens with one attached hydrogen (secondary N) is 3. The van der Waals surface area contributed by atoms with E-state index in [1.807, 2.05) is 19.9 Å². The molecule has 0 aliphatic carbocycles. The maximum Gasteiger partial charge on any atom is 0.326 e. The van der Waals surface area contributed by atoms with Gasteiger partial charge in [-0.15, -0.1) is 12.5 Å². The number of hydrogen-bond donors (Lipinski definition) is 3. The van der Waals surface area contributed by atoms with Crippen LogP contribution in [0.2, 0.25) is 0 Å². The third kappa shape index (κ3) is 6.55. The lowest BCUT2D eigenvalue weighted by molar-refractivity contribution is -0.115. The number of hydrogen-bond acceptors (Lipinski definition) is 4. The summed E-state index contributed by atoms with van der Waals surface area (Å²) in [4.78, 5) is 30.6. The molecule has 0 saturated carbocycles. The van der Waals surface area contributed by atoms with Gasteiger partial charge in [0, 0.05) is 30.8 Å². The Morgan fingerprint density at radius 1 is 1.41 bits per heavy atom. The Morgan fingerprint density at radius 2 is 2.16 bits per heavy atom. The number of amidine groups is 1. The van der Waals surface area contributed by atoms with Crippen LogP contribution in [0, 0.1) is 29.1 Å². The molecule has 2 atom stereocenters. The summed E-state index contributed by atoms with van der Waals surface area (Å²) < 4.78 is 0. The molecule has 2 fully saturated rings. The van der Waals surface area contributed by atoms with E-state index in [0.29, 0.717) is 29.5 Å². The largest absolute Gasteiger partial charge is 0.356 e. The van der Waals surface area contributed by atoms with E-state index in [4.69, 9.17) is 10.4 Å². The molecule has 3 N–H and O–H groups in total. The fourth-order valence-electron chi connectivity index (χ4n) is 3.51. The Morgan fingerprint density at radius 3 is 2.69 bits per heavy atom. The average Bonchev–Trinajstić information content (AvgIpc) is 3.37. The van der Waals surface area contributed by atoms with Gasteiger partial charge < -0.3 is 15.6 Å². The highest BCUT2D eigenvalue weighted by Gasteiger charge is 2.24. The number of aliphatic imine (C=N–C) groups is 1. The standard InChI is InChI=1S/C25H33N5O2/c1-6-9-20(17(4)7-2)15-23(30-13-11-19(8-3)16-30)27-18(5)21(10-12-26)14-22-24(31)29-25(32)28-22/h8,12,14-15,17,19,26H,3,7,10-11,13,16H2,1-2,4-5H3,(H2,28,29,31,32)/b20-15-,21-18-,22-14-,26-12?,27-23+/t17-,19-/m1/s1. The molecule has 3 amide bonds. The normalized spacial score (nSPS) is 22.1. The molecule has 170 valence electrons. The van der Waals surface area contributed by atoms with Crippen molar-refractivity contribution in [2.75, 3.05) is 13.1 Å². The molecular weight excluding hydrogens is 402 g/mol. The first-order valence-corrected chi connectivity index (χ1v) is 11.0.